The lowest BCUT2D eigenvalue weighted by Gasteiger charge is -2.26. The molecule has 1 amide bonds. The summed E-state index contributed by atoms with van der Waals surface area (Å²) in [6, 6.07) is 0. The monoisotopic (exact) mass is 235 g/mol. The van der Waals surface area contributed by atoms with Gasteiger partial charge in [-0.15, -0.1) is 0 Å². The lowest BCUT2D eigenvalue weighted by molar-refractivity contribution is -0.127. The van der Waals surface area contributed by atoms with Crippen LogP contribution in [0.15, 0.2) is 23.6 Å². The predicted molar refractivity (Wildman–Crippen MR) is 63.0 cm³/mol. The lowest BCUT2D eigenvalue weighted by atomic mass is 9.97. The smallest absolute Gasteiger partial charge is 0.227 e. The second kappa shape index (κ2) is 4.73. The number of nitrogens with zero attached hydrogens (tertiary/aromatic N) is 1. The van der Waals surface area contributed by atoms with E-state index in [1.807, 2.05) is 6.92 Å². The molecule has 0 aromatic rings. The van der Waals surface area contributed by atoms with Crippen LogP contribution < -0.4 is 0 Å². The topological polar surface area (TPSA) is 46.6 Å². The largest absolute Gasteiger partial charge is 0.490 e. The molecule has 0 aliphatic carbocycles. The van der Waals surface area contributed by atoms with E-state index in [0.717, 1.165) is 30.7 Å². The first-order valence-corrected chi connectivity index (χ1v) is 6.04. The number of carbonyl (C=O) groups excluding carboxylic acids is 2. The molecule has 0 aromatic carbocycles. The third kappa shape index (κ3) is 2.12. The molecule has 0 unspecified atom stereocenters. The SMILES string of the molecule is C=C(OCC)C(=O)C1=C2CCC(=O)N2CCC1. The van der Waals surface area contributed by atoms with E-state index in [9.17, 15) is 9.59 Å². The van der Waals surface area contributed by atoms with Crippen LogP contribution in [-0.2, 0) is 14.3 Å². The number of ketones is 1. The molecule has 2 aliphatic rings. The molecule has 0 atom stereocenters. The van der Waals surface area contributed by atoms with E-state index in [-0.39, 0.29) is 17.4 Å². The highest BCUT2D eigenvalue weighted by atomic mass is 16.5. The maximum Gasteiger partial charge on any atom is 0.227 e. The van der Waals surface area contributed by atoms with E-state index >= 15 is 0 Å². The Labute approximate surface area is 101 Å². The highest BCUT2D eigenvalue weighted by Gasteiger charge is 2.33. The summed E-state index contributed by atoms with van der Waals surface area (Å²) in [5, 5.41) is 0. The zero-order valence-corrected chi connectivity index (χ0v) is 10.1. The zero-order chi connectivity index (χ0) is 12.4. The minimum absolute atomic E-state index is 0.132. The minimum atomic E-state index is -0.138. The highest BCUT2D eigenvalue weighted by Crippen LogP contribution is 2.33. The van der Waals surface area contributed by atoms with E-state index in [4.69, 9.17) is 4.74 Å². The van der Waals surface area contributed by atoms with Crippen molar-refractivity contribution >= 4 is 11.7 Å². The van der Waals surface area contributed by atoms with Crippen molar-refractivity contribution in [2.45, 2.75) is 32.6 Å². The molecule has 0 saturated carbocycles. The first-order chi connectivity index (χ1) is 8.15. The molecule has 0 aromatic heterocycles. The number of carbonyl (C=O) groups is 2. The number of hydrogen-bond donors (Lipinski definition) is 0. The standard InChI is InChI=1S/C13H17NO3/c1-3-17-9(2)13(16)10-5-4-8-14-11(10)6-7-12(14)15/h2-8H2,1H3. The molecule has 17 heavy (non-hydrogen) atoms. The molecule has 1 fully saturated rings. The average molecular weight is 235 g/mol. The van der Waals surface area contributed by atoms with Crippen molar-refractivity contribution in [2.24, 2.45) is 0 Å². The number of amides is 1. The van der Waals surface area contributed by atoms with Crippen molar-refractivity contribution in [3.05, 3.63) is 23.6 Å². The predicted octanol–water partition coefficient (Wildman–Crippen LogP) is 1.78. The minimum Gasteiger partial charge on any atom is -0.490 e. The molecule has 4 nitrogen and oxygen atoms in total. The van der Waals surface area contributed by atoms with Crippen molar-refractivity contribution in [1.29, 1.82) is 0 Å². The quantitative estimate of drug-likeness (QED) is 0.551. The van der Waals surface area contributed by atoms with Crippen LogP contribution >= 0.6 is 0 Å². The van der Waals surface area contributed by atoms with Crippen LogP contribution in [0.25, 0.3) is 0 Å². The van der Waals surface area contributed by atoms with Gasteiger partial charge in [0.25, 0.3) is 0 Å². The van der Waals surface area contributed by atoms with Gasteiger partial charge >= 0.3 is 0 Å². The van der Waals surface area contributed by atoms with E-state index < -0.39 is 0 Å². The third-order valence-corrected chi connectivity index (χ3v) is 3.21. The summed E-state index contributed by atoms with van der Waals surface area (Å²) < 4.78 is 5.15. The van der Waals surface area contributed by atoms with E-state index in [1.54, 1.807) is 4.90 Å². The van der Waals surface area contributed by atoms with Gasteiger partial charge in [-0.1, -0.05) is 6.58 Å². The van der Waals surface area contributed by atoms with Crippen molar-refractivity contribution in [3.63, 3.8) is 0 Å². The Morgan fingerprint density at radius 2 is 2.18 bits per heavy atom. The maximum atomic E-state index is 12.1. The van der Waals surface area contributed by atoms with Crippen LogP contribution in [0.3, 0.4) is 0 Å². The van der Waals surface area contributed by atoms with Gasteiger partial charge in [-0.05, 0) is 26.2 Å². The normalized spacial score (nSPS) is 19.4. The molecular formula is C13H17NO3. The second-order valence-electron chi connectivity index (χ2n) is 4.26. The molecule has 0 N–H and O–H groups in total. The zero-order valence-electron chi connectivity index (χ0n) is 10.1. The summed E-state index contributed by atoms with van der Waals surface area (Å²) in [5.41, 5.74) is 1.62. The van der Waals surface area contributed by atoms with Crippen LogP contribution in [0.4, 0.5) is 0 Å². The molecular weight excluding hydrogens is 218 g/mol. The molecule has 2 heterocycles. The molecule has 0 radical (unpaired) electrons. The number of hydrogen-bond acceptors (Lipinski definition) is 3. The summed E-state index contributed by atoms with van der Waals surface area (Å²) in [5.74, 6) is 0.185. The van der Waals surface area contributed by atoms with Gasteiger partial charge in [-0.3, -0.25) is 9.59 Å². The van der Waals surface area contributed by atoms with Crippen molar-refractivity contribution in [2.75, 3.05) is 13.2 Å². The Morgan fingerprint density at radius 1 is 1.41 bits per heavy atom. The summed E-state index contributed by atoms with van der Waals surface area (Å²) in [7, 11) is 0. The number of allylic oxidation sites excluding steroid dienone is 2. The number of fused-ring (bicyclic) bond motifs is 1. The van der Waals surface area contributed by atoms with Crippen LogP contribution in [0.5, 0.6) is 0 Å². The highest BCUT2D eigenvalue weighted by molar-refractivity contribution is 6.07. The summed E-state index contributed by atoms with van der Waals surface area (Å²) in [6.07, 6.45) is 2.77. The van der Waals surface area contributed by atoms with E-state index in [0.29, 0.717) is 19.4 Å². The molecule has 4 heteroatoms. The Balaban J connectivity index is 2.25. The van der Waals surface area contributed by atoms with Gasteiger partial charge in [0.15, 0.2) is 5.76 Å². The fourth-order valence-corrected chi connectivity index (χ4v) is 2.43. The second-order valence-corrected chi connectivity index (χ2v) is 4.26. The fraction of sp³-hybridized carbons (Fsp3) is 0.538. The molecule has 92 valence electrons. The number of rotatable bonds is 4. The van der Waals surface area contributed by atoms with Gasteiger partial charge in [-0.25, -0.2) is 0 Å². The summed E-state index contributed by atoms with van der Waals surface area (Å²) in [4.78, 5) is 25.5. The van der Waals surface area contributed by atoms with Crippen LogP contribution in [0, 0.1) is 0 Å². The first-order valence-electron chi connectivity index (χ1n) is 6.04. The molecule has 2 rings (SSSR count). The van der Waals surface area contributed by atoms with Gasteiger partial charge in [0.1, 0.15) is 0 Å². The first kappa shape index (κ1) is 11.9. The molecule has 2 aliphatic heterocycles. The van der Waals surface area contributed by atoms with E-state index in [2.05, 4.69) is 6.58 Å². The molecule has 0 spiro atoms. The van der Waals surface area contributed by atoms with Gasteiger partial charge in [0.05, 0.1) is 6.61 Å². The van der Waals surface area contributed by atoms with Gasteiger partial charge in [0.2, 0.25) is 11.7 Å². The number of Topliss-reactive ketones (excluding diaryl/α,β-unsaturated/α-hetero) is 1. The van der Waals surface area contributed by atoms with E-state index in [1.165, 1.54) is 0 Å². The van der Waals surface area contributed by atoms with Gasteiger partial charge in [0, 0.05) is 24.2 Å². The van der Waals surface area contributed by atoms with Crippen molar-refractivity contribution < 1.29 is 14.3 Å². The van der Waals surface area contributed by atoms with Crippen molar-refractivity contribution in [3.8, 4) is 0 Å². The molecule has 0 bridgehead atoms. The van der Waals surface area contributed by atoms with Crippen LogP contribution in [0.1, 0.15) is 32.6 Å². The average Bonchev–Trinajstić information content (AvgIpc) is 2.71. The molecule has 1 saturated heterocycles. The van der Waals surface area contributed by atoms with Gasteiger partial charge < -0.3 is 9.64 Å². The van der Waals surface area contributed by atoms with Crippen molar-refractivity contribution in [1.82, 2.24) is 4.90 Å². The van der Waals surface area contributed by atoms with Crippen LogP contribution in [0.2, 0.25) is 0 Å². The lowest BCUT2D eigenvalue weighted by Crippen LogP contribution is -2.30. The Morgan fingerprint density at radius 3 is 2.88 bits per heavy atom. The Kier molecular flexibility index (Phi) is 3.31. The maximum absolute atomic E-state index is 12.1. The number of ether oxygens (including phenoxy) is 1. The Hall–Kier alpha value is -1.58. The Bertz CT molecular complexity index is 409. The van der Waals surface area contributed by atoms with Crippen LogP contribution in [-0.4, -0.2) is 29.7 Å². The fourth-order valence-electron chi connectivity index (χ4n) is 2.43. The third-order valence-electron chi connectivity index (χ3n) is 3.21. The van der Waals surface area contributed by atoms with Gasteiger partial charge in [-0.2, -0.15) is 0 Å². The summed E-state index contributed by atoms with van der Waals surface area (Å²) in [6.45, 7) is 6.65. The summed E-state index contributed by atoms with van der Waals surface area (Å²) >= 11 is 0.